The van der Waals surface area contributed by atoms with Crippen LogP contribution in [0.4, 0.5) is 0 Å². The average molecular weight is 535 g/mol. The Morgan fingerprint density at radius 3 is 2.40 bits per heavy atom. The topological polar surface area (TPSA) is 52.6 Å². The fourth-order valence-electron chi connectivity index (χ4n) is 9.30. The number of hydrogen-bond donors (Lipinski definition) is 0. The van der Waals surface area contributed by atoms with Crippen LogP contribution in [-0.2, 0) is 33.5 Å². The summed E-state index contributed by atoms with van der Waals surface area (Å²) in [5.41, 5.74) is 6.74. The Kier molecular flexibility index (Phi) is 6.00. The lowest BCUT2D eigenvalue weighted by Gasteiger charge is -2.37. The Balaban J connectivity index is 1.07. The first kappa shape index (κ1) is 24.6. The van der Waals surface area contributed by atoms with Crippen LogP contribution < -0.4 is 0 Å². The fourth-order valence-corrected chi connectivity index (χ4v) is 9.30. The molecule has 4 heteroatoms. The highest BCUT2D eigenvalue weighted by Crippen LogP contribution is 2.62. The first-order chi connectivity index (χ1) is 19.6. The summed E-state index contributed by atoms with van der Waals surface area (Å²) in [5, 5.41) is 0. The van der Waals surface area contributed by atoms with Crippen LogP contribution in [0.5, 0.6) is 0 Å². The third-order valence-corrected chi connectivity index (χ3v) is 11.2. The molecule has 40 heavy (non-hydrogen) atoms. The van der Waals surface area contributed by atoms with E-state index >= 15 is 0 Å². The summed E-state index contributed by atoms with van der Waals surface area (Å²) in [6.07, 6.45) is 16.8. The van der Waals surface area contributed by atoms with Gasteiger partial charge in [-0.15, -0.1) is 0 Å². The molecule has 3 fully saturated rings. The summed E-state index contributed by atoms with van der Waals surface area (Å²) in [5.74, 6) is 1.66. The molecule has 4 nitrogen and oxygen atoms in total. The molecule has 0 amide bonds. The van der Waals surface area contributed by atoms with Crippen molar-refractivity contribution < 1.29 is 19.1 Å². The number of aryl methyl sites for hydroxylation is 2. The molecule has 0 N–H and O–H groups in total. The Hall–Kier alpha value is -3.14. The molecular formula is C36H38O4. The molecule has 6 aliphatic carbocycles. The second kappa shape index (κ2) is 9.75. The van der Waals surface area contributed by atoms with E-state index < -0.39 is 12.2 Å². The second-order valence-electron chi connectivity index (χ2n) is 13.2. The Morgan fingerprint density at radius 1 is 0.725 bits per heavy atom. The number of ether oxygens (including phenoxy) is 2. The van der Waals surface area contributed by atoms with E-state index in [-0.39, 0.29) is 23.8 Å². The Bertz CT molecular complexity index is 1420. The predicted octanol–water partition coefficient (Wildman–Crippen LogP) is 6.91. The molecule has 0 spiro atoms. The van der Waals surface area contributed by atoms with E-state index in [2.05, 4.69) is 42.5 Å². The van der Waals surface area contributed by atoms with Crippen molar-refractivity contribution in [1.29, 1.82) is 0 Å². The number of rotatable bonds is 4. The van der Waals surface area contributed by atoms with Crippen molar-refractivity contribution in [1.82, 2.24) is 0 Å². The van der Waals surface area contributed by atoms with E-state index in [4.69, 9.17) is 9.47 Å². The maximum absolute atomic E-state index is 13.6. The number of benzene rings is 2. The van der Waals surface area contributed by atoms with Gasteiger partial charge in [-0.2, -0.15) is 0 Å². The Labute approximate surface area is 236 Å². The number of carbonyl (C=O) groups is 2. The van der Waals surface area contributed by atoms with Gasteiger partial charge in [0.1, 0.15) is 12.2 Å². The lowest BCUT2D eigenvalue weighted by Crippen LogP contribution is -2.45. The molecule has 0 aliphatic heterocycles. The quantitative estimate of drug-likeness (QED) is 0.400. The van der Waals surface area contributed by atoms with E-state index in [0.29, 0.717) is 34.8 Å². The smallest absolute Gasteiger partial charge is 0.338 e. The molecule has 0 radical (unpaired) electrons. The molecule has 0 heterocycles. The molecule has 2 aromatic carbocycles. The molecule has 4 unspecified atom stereocenters. The van der Waals surface area contributed by atoms with E-state index in [1.807, 2.05) is 18.2 Å². The highest BCUT2D eigenvalue weighted by Gasteiger charge is 2.63. The Morgan fingerprint density at radius 2 is 1.50 bits per heavy atom. The second-order valence-corrected chi connectivity index (χ2v) is 13.2. The molecule has 3 saturated carbocycles. The van der Waals surface area contributed by atoms with Gasteiger partial charge >= 0.3 is 11.9 Å². The van der Waals surface area contributed by atoms with E-state index in [9.17, 15) is 9.59 Å². The summed E-state index contributed by atoms with van der Waals surface area (Å²) in [4.78, 5) is 27.2. The maximum atomic E-state index is 13.6. The highest BCUT2D eigenvalue weighted by atomic mass is 16.6. The van der Waals surface area contributed by atoms with Crippen LogP contribution in [-0.4, -0.2) is 24.1 Å². The van der Waals surface area contributed by atoms with Crippen LogP contribution in [0.15, 0.2) is 66.3 Å². The molecule has 6 aliphatic rings. The lowest BCUT2D eigenvalue weighted by molar-refractivity contribution is -0.156. The minimum Gasteiger partial charge on any atom is -0.455 e. The zero-order valence-corrected chi connectivity index (χ0v) is 23.1. The van der Waals surface area contributed by atoms with Gasteiger partial charge < -0.3 is 9.47 Å². The lowest BCUT2D eigenvalue weighted by atomic mass is 9.75. The summed E-state index contributed by atoms with van der Waals surface area (Å²) >= 11 is 0. The summed E-state index contributed by atoms with van der Waals surface area (Å²) in [6, 6.07) is 14.8. The molecule has 0 aromatic heterocycles. The van der Waals surface area contributed by atoms with Crippen LogP contribution in [0, 0.1) is 29.6 Å². The zero-order valence-electron chi connectivity index (χ0n) is 23.1. The van der Waals surface area contributed by atoms with Crippen molar-refractivity contribution in [2.45, 2.75) is 82.3 Å². The fraction of sp³-hybridized carbons (Fsp3) is 0.500. The van der Waals surface area contributed by atoms with Gasteiger partial charge in [-0.25, -0.2) is 9.59 Å². The number of esters is 2. The van der Waals surface area contributed by atoms with Gasteiger partial charge in [0.15, 0.2) is 0 Å². The van der Waals surface area contributed by atoms with Crippen LogP contribution in [0.1, 0.15) is 83.5 Å². The van der Waals surface area contributed by atoms with Gasteiger partial charge in [-0.3, -0.25) is 0 Å². The van der Waals surface area contributed by atoms with Gasteiger partial charge in [0.25, 0.3) is 0 Å². The van der Waals surface area contributed by atoms with Crippen molar-refractivity contribution in [3.05, 3.63) is 94.1 Å². The molecule has 8 rings (SSSR count). The van der Waals surface area contributed by atoms with Gasteiger partial charge in [-0.05, 0) is 109 Å². The van der Waals surface area contributed by atoms with Gasteiger partial charge in [-0.1, -0.05) is 61.4 Å². The molecule has 2 bridgehead atoms. The van der Waals surface area contributed by atoms with Crippen molar-refractivity contribution in [2.75, 3.05) is 0 Å². The van der Waals surface area contributed by atoms with E-state index in [1.165, 1.54) is 54.4 Å². The van der Waals surface area contributed by atoms with Crippen molar-refractivity contribution in [2.24, 2.45) is 29.6 Å². The molecule has 2 aromatic rings. The zero-order chi connectivity index (χ0) is 26.8. The summed E-state index contributed by atoms with van der Waals surface area (Å²) < 4.78 is 12.8. The van der Waals surface area contributed by atoms with Crippen molar-refractivity contribution >= 4 is 11.9 Å². The van der Waals surface area contributed by atoms with Crippen LogP contribution in [0.3, 0.4) is 0 Å². The molecular weight excluding hydrogens is 496 g/mol. The normalized spacial score (nSPS) is 34.8. The van der Waals surface area contributed by atoms with Gasteiger partial charge in [0.2, 0.25) is 0 Å². The molecule has 0 saturated heterocycles. The number of fused-ring (bicyclic) bond motifs is 9. The van der Waals surface area contributed by atoms with Crippen LogP contribution in [0.25, 0.3) is 0 Å². The average Bonchev–Trinajstić information content (AvgIpc) is 3.66. The van der Waals surface area contributed by atoms with E-state index in [1.54, 1.807) is 0 Å². The largest absolute Gasteiger partial charge is 0.455 e. The maximum Gasteiger partial charge on any atom is 0.338 e. The standard InChI is InChI=1S/C36H38O4/c37-35(26-15-13-21-7-1-3-9-23(21)17-26)39-33-30-20-31(32-28-12-6-5-11-25(28)19-29(30)32)34(33)40-36(38)27-16-14-22-8-2-4-10-24(22)18-27/h5-6,11-18,21,23,29-34H,1-4,7-10,19-20H2/t21?,23-,29?,30?,31?,32-,33+,34-/m0/s1. The van der Waals surface area contributed by atoms with Gasteiger partial charge in [0.05, 0.1) is 11.1 Å². The minimum atomic E-state index is -0.416. The number of carbonyl (C=O) groups excluding carboxylic acids is 2. The van der Waals surface area contributed by atoms with Crippen LogP contribution >= 0.6 is 0 Å². The number of allylic oxidation sites excluding steroid dienone is 2. The SMILES string of the molecule is O=C(O[C@@H]1C2CC([C@H]3c4ccccc4CC23)[C@@H]1OC(=O)c1ccc2c(c1)CCCC2)C1=C[C@@H]2CCCCC2C=C1. The number of hydrogen-bond acceptors (Lipinski definition) is 4. The first-order valence-electron chi connectivity index (χ1n) is 15.7. The molecule has 206 valence electrons. The minimum absolute atomic E-state index is 0.177. The summed E-state index contributed by atoms with van der Waals surface area (Å²) in [6.45, 7) is 0. The molecule has 8 atom stereocenters. The third kappa shape index (κ3) is 4.01. The summed E-state index contributed by atoms with van der Waals surface area (Å²) in [7, 11) is 0. The van der Waals surface area contributed by atoms with E-state index in [0.717, 1.165) is 32.1 Å². The van der Waals surface area contributed by atoms with Gasteiger partial charge in [0, 0.05) is 11.8 Å². The first-order valence-corrected chi connectivity index (χ1v) is 15.7. The monoisotopic (exact) mass is 534 g/mol. The predicted molar refractivity (Wildman–Crippen MR) is 153 cm³/mol. The van der Waals surface area contributed by atoms with Crippen molar-refractivity contribution in [3.8, 4) is 0 Å². The van der Waals surface area contributed by atoms with Crippen LogP contribution in [0.2, 0.25) is 0 Å². The highest BCUT2D eigenvalue weighted by molar-refractivity contribution is 5.92. The third-order valence-electron chi connectivity index (χ3n) is 11.2. The van der Waals surface area contributed by atoms with Crippen molar-refractivity contribution in [3.63, 3.8) is 0 Å².